The monoisotopic (exact) mass is 1800 g/mol. The Kier molecular flexibility index (Phi) is 18.6. The molecule has 6 aliphatic rings. The van der Waals surface area contributed by atoms with Crippen molar-refractivity contribution in [1.29, 1.82) is 0 Å². The molecule has 2 heteroatoms. The van der Waals surface area contributed by atoms with Crippen LogP contribution in [0.2, 0.25) is 0 Å². The molecule has 0 unspecified atom stereocenters. The molecule has 0 bridgehead atoms. The van der Waals surface area contributed by atoms with Crippen molar-refractivity contribution in [2.24, 2.45) is 0 Å². The van der Waals surface area contributed by atoms with E-state index in [2.05, 4.69) is 570 Å². The van der Waals surface area contributed by atoms with E-state index in [0.717, 1.165) is 34.1 Å². The minimum atomic E-state index is -0.655. The van der Waals surface area contributed by atoms with Crippen molar-refractivity contribution in [3.05, 3.63) is 668 Å². The zero-order chi connectivity index (χ0) is 94.0. The van der Waals surface area contributed by atoms with Gasteiger partial charge in [-0.1, -0.05) is 487 Å². The quantitative estimate of drug-likeness (QED) is 0.113. The number of para-hydroxylation sites is 1. The SMILES string of the molecule is CC1(C)c2ccccc2-c2ccc(N(c3ccc4c(c3)-c3ccccc3C4(c3ccccc3)c3ccccc3)c3ccc4c(c3)C3(c5ccccc5-4)c4ccccc4C(c4ccccc4)(c4ccccc4)c4ccccc43)cc21.c1ccc(N(c2ccc3c(c2)C2(c4ccccc4-3)c3ccccc3C(c3ccccc3)(c3ccccc3)c3ccccc32)c2ccc3c4ccccc4c4ccccc4c3c2)cc1. The zero-order valence-corrected chi connectivity index (χ0v) is 78.9. The maximum Gasteiger partial charge on any atom is 0.0720 e. The largest absolute Gasteiger partial charge is 0.310 e. The lowest BCUT2D eigenvalue weighted by Crippen LogP contribution is -2.44. The predicted molar refractivity (Wildman–Crippen MR) is 588 cm³/mol. The van der Waals surface area contributed by atoms with Gasteiger partial charge >= 0.3 is 0 Å². The van der Waals surface area contributed by atoms with Gasteiger partial charge in [0.05, 0.1) is 27.1 Å². The number of benzene rings is 23. The molecule has 0 radical (unpaired) electrons. The smallest absolute Gasteiger partial charge is 0.0720 e. The van der Waals surface area contributed by atoms with Crippen LogP contribution in [0, 0.1) is 0 Å². The number of hydrogen-bond acceptors (Lipinski definition) is 2. The number of nitrogens with zero attached hydrogens (tertiary/aromatic N) is 2. The predicted octanol–water partition coefficient (Wildman–Crippen LogP) is 34.6. The molecular formula is C140H96N2. The highest BCUT2D eigenvalue weighted by atomic mass is 15.1. The van der Waals surface area contributed by atoms with Crippen molar-refractivity contribution >= 4 is 66.4 Å². The molecule has 23 aromatic rings. The summed E-state index contributed by atoms with van der Waals surface area (Å²) >= 11 is 0. The fraction of sp³-hybridized carbons (Fsp3) is 0.0571. The van der Waals surface area contributed by atoms with Crippen LogP contribution >= 0.6 is 0 Å². The van der Waals surface area contributed by atoms with E-state index in [1.807, 2.05) is 0 Å². The molecule has 6 aliphatic carbocycles. The summed E-state index contributed by atoms with van der Waals surface area (Å²) in [5.41, 5.74) is 42.4. The first-order chi connectivity index (χ1) is 70.2. The third-order valence-corrected chi connectivity index (χ3v) is 32.9. The van der Waals surface area contributed by atoms with Gasteiger partial charge in [0.2, 0.25) is 0 Å². The third kappa shape index (κ3) is 11.4. The maximum atomic E-state index is 2.56. The molecule has 142 heavy (non-hydrogen) atoms. The average molecular weight is 1810 g/mol. The molecular weight excluding hydrogens is 1710 g/mol. The first-order valence-electron chi connectivity index (χ1n) is 49.9. The van der Waals surface area contributed by atoms with Crippen molar-refractivity contribution < 1.29 is 0 Å². The lowest BCUT2D eigenvalue weighted by molar-refractivity contribution is 0.623. The summed E-state index contributed by atoms with van der Waals surface area (Å²) in [6.07, 6.45) is 0. The summed E-state index contributed by atoms with van der Waals surface area (Å²) in [5, 5.41) is 7.62. The van der Waals surface area contributed by atoms with E-state index in [9.17, 15) is 0 Å². The first-order valence-corrected chi connectivity index (χ1v) is 49.9. The Morgan fingerprint density at radius 3 is 0.697 bits per heavy atom. The van der Waals surface area contributed by atoms with E-state index in [4.69, 9.17) is 0 Å². The Labute approximate surface area is 829 Å². The lowest BCUT2D eigenvalue weighted by atomic mass is 9.51. The summed E-state index contributed by atoms with van der Waals surface area (Å²) in [7, 11) is 0. The molecule has 0 fully saturated rings. The van der Waals surface area contributed by atoms with E-state index in [1.54, 1.807) is 0 Å². The van der Waals surface area contributed by atoms with Crippen LogP contribution in [0.4, 0.5) is 34.1 Å². The minimum Gasteiger partial charge on any atom is -0.310 e. The number of rotatable bonds is 12. The van der Waals surface area contributed by atoms with Gasteiger partial charge in [-0.05, 0) is 272 Å². The molecule has 0 atom stereocenters. The van der Waals surface area contributed by atoms with Gasteiger partial charge in [-0.25, -0.2) is 0 Å². The van der Waals surface area contributed by atoms with Gasteiger partial charge in [0.15, 0.2) is 0 Å². The highest BCUT2D eigenvalue weighted by molar-refractivity contribution is 6.26. The van der Waals surface area contributed by atoms with Crippen molar-refractivity contribution in [3.8, 4) is 44.5 Å². The van der Waals surface area contributed by atoms with Gasteiger partial charge < -0.3 is 9.80 Å². The molecule has 2 spiro atoms. The average Bonchev–Trinajstić information content (AvgIpc) is 1.41. The van der Waals surface area contributed by atoms with Gasteiger partial charge in [-0.15, -0.1) is 0 Å². The van der Waals surface area contributed by atoms with Crippen LogP contribution in [-0.4, -0.2) is 0 Å². The Morgan fingerprint density at radius 1 is 0.120 bits per heavy atom. The van der Waals surface area contributed by atoms with Crippen LogP contribution in [0.15, 0.2) is 546 Å². The highest BCUT2D eigenvalue weighted by Crippen LogP contribution is 2.69. The zero-order valence-electron chi connectivity index (χ0n) is 78.9. The van der Waals surface area contributed by atoms with E-state index in [1.165, 1.54) is 199 Å². The molecule has 2 nitrogen and oxygen atoms in total. The molecule has 0 amide bonds. The Balaban J connectivity index is 0.000000142. The van der Waals surface area contributed by atoms with Gasteiger partial charge in [0.25, 0.3) is 0 Å². The number of hydrogen-bond donors (Lipinski definition) is 0. The van der Waals surface area contributed by atoms with Crippen LogP contribution in [-0.2, 0) is 32.5 Å². The van der Waals surface area contributed by atoms with Crippen LogP contribution < -0.4 is 9.80 Å². The van der Waals surface area contributed by atoms with E-state index in [0.29, 0.717) is 0 Å². The Morgan fingerprint density at radius 2 is 0.331 bits per heavy atom. The molecule has 29 rings (SSSR count). The normalized spacial score (nSPS) is 14.7. The minimum absolute atomic E-state index is 0.196. The van der Waals surface area contributed by atoms with Crippen molar-refractivity contribution in [1.82, 2.24) is 0 Å². The summed E-state index contributed by atoms with van der Waals surface area (Å²) in [5.74, 6) is 0. The number of fused-ring (bicyclic) bond motifs is 30. The van der Waals surface area contributed by atoms with Gasteiger partial charge in [0.1, 0.15) is 0 Å². The summed E-state index contributed by atoms with van der Waals surface area (Å²) in [6.45, 7) is 4.79. The van der Waals surface area contributed by atoms with E-state index < -0.39 is 27.1 Å². The third-order valence-electron chi connectivity index (χ3n) is 32.9. The second-order valence-corrected chi connectivity index (χ2v) is 39.7. The molecule has 0 aliphatic heterocycles. The fourth-order valence-electron chi connectivity index (χ4n) is 27.3. The van der Waals surface area contributed by atoms with Gasteiger partial charge in [0, 0.05) is 39.5 Å². The molecule has 0 heterocycles. The Hall–Kier alpha value is -17.6. The van der Waals surface area contributed by atoms with Crippen molar-refractivity contribution in [2.75, 3.05) is 9.80 Å². The molecule has 0 saturated carbocycles. The second-order valence-electron chi connectivity index (χ2n) is 39.7. The van der Waals surface area contributed by atoms with E-state index >= 15 is 0 Å². The van der Waals surface area contributed by atoms with Crippen LogP contribution in [0.25, 0.3) is 76.8 Å². The van der Waals surface area contributed by atoms with Crippen LogP contribution in [0.5, 0.6) is 0 Å². The summed E-state index contributed by atoms with van der Waals surface area (Å²) in [6, 6.07) is 206. The van der Waals surface area contributed by atoms with E-state index in [-0.39, 0.29) is 5.41 Å². The van der Waals surface area contributed by atoms with Crippen LogP contribution in [0.3, 0.4) is 0 Å². The Bertz CT molecular complexity index is 8760. The van der Waals surface area contributed by atoms with Crippen LogP contribution in [0.1, 0.15) is 136 Å². The lowest BCUT2D eigenvalue weighted by Gasteiger charge is -2.50. The maximum absolute atomic E-state index is 2.56. The summed E-state index contributed by atoms with van der Waals surface area (Å²) in [4.78, 5) is 5.02. The first kappa shape index (κ1) is 82.7. The molecule has 0 saturated heterocycles. The molecule has 666 valence electrons. The molecule has 0 aromatic heterocycles. The van der Waals surface area contributed by atoms with Gasteiger partial charge in [-0.2, -0.15) is 0 Å². The molecule has 0 N–H and O–H groups in total. The summed E-state index contributed by atoms with van der Waals surface area (Å²) < 4.78 is 0. The molecule has 23 aromatic carbocycles. The fourth-order valence-corrected chi connectivity index (χ4v) is 27.3. The standard InChI is InChI=1S/C78H55N.C62H41N/c1-75(2)65-36-18-15-33-59(65)62-46-43-57(50-73(62)75)79(56-45-48-68-64(49-56)61-35-17-19-37-66(61)76(68,52-25-7-3-8-26-52)53-27-9-4-10-28-53)58-44-47-63-60-34-16-20-38-67(60)78(74(63)51-58)71-41-23-21-39-69(71)77(54-29-11-5-12-30-54,55-31-13-6-14-32-55)70-40-22-24-42-72(70)78;1-4-20-42(21-5-1)61(43-22-6-2-7-23-43)56-32-16-18-34-58(56)62(59-35-19-17-33-57(59)61)55-31-15-14-30-52(55)53-39-37-46(41-60(53)62)63(44-24-8-3-9-25-44)45-36-38-51-49-28-11-10-26-47(49)48-27-12-13-29-50(48)54(51)40-45/h3-51H,1-2H3;1-41H. The highest BCUT2D eigenvalue weighted by Gasteiger charge is 2.60. The van der Waals surface area contributed by atoms with Crippen molar-refractivity contribution in [3.63, 3.8) is 0 Å². The second kappa shape index (κ2) is 32.0. The van der Waals surface area contributed by atoms with Crippen molar-refractivity contribution in [2.45, 2.75) is 46.3 Å². The topological polar surface area (TPSA) is 6.48 Å². The number of anilines is 6. The van der Waals surface area contributed by atoms with Gasteiger partial charge in [-0.3, -0.25) is 0 Å².